The predicted molar refractivity (Wildman–Crippen MR) is 204 cm³/mol. The summed E-state index contributed by atoms with van der Waals surface area (Å²) in [6, 6.07) is 0.689. The molecule has 6 rings (SSSR count). The van der Waals surface area contributed by atoms with Gasteiger partial charge in [-0.3, -0.25) is 19.1 Å². The van der Waals surface area contributed by atoms with Crippen LogP contribution in [0.25, 0.3) is 11.0 Å². The highest BCUT2D eigenvalue weighted by Gasteiger charge is 2.63. The fraction of sp³-hybridized carbons (Fsp3) is 0.641. The van der Waals surface area contributed by atoms with Crippen molar-refractivity contribution in [1.29, 1.82) is 0 Å². The predicted octanol–water partition coefficient (Wildman–Crippen LogP) is 5.33. The van der Waals surface area contributed by atoms with Gasteiger partial charge < -0.3 is 29.7 Å². The maximum absolute atomic E-state index is 14.7. The molecule has 3 fully saturated rings. The smallest absolute Gasteiger partial charge is 0.438 e. The number of sulfonamides is 1. The lowest BCUT2D eigenvalue weighted by Crippen LogP contribution is -2.59. The van der Waals surface area contributed by atoms with E-state index in [1.165, 1.54) is 32.2 Å². The summed E-state index contributed by atoms with van der Waals surface area (Å²) in [5.74, 6) is -5.45. The maximum Gasteiger partial charge on any atom is 0.438 e. The first-order chi connectivity index (χ1) is 28.2. The van der Waals surface area contributed by atoms with E-state index in [0.29, 0.717) is 39.5 Å². The molecule has 0 radical (unpaired) electrons. The van der Waals surface area contributed by atoms with Gasteiger partial charge in [-0.2, -0.15) is 26.3 Å². The summed E-state index contributed by atoms with van der Waals surface area (Å²) in [6.07, 6.45) is -8.40. The van der Waals surface area contributed by atoms with Crippen LogP contribution in [0.4, 0.5) is 31.1 Å². The maximum atomic E-state index is 14.7. The van der Waals surface area contributed by atoms with Gasteiger partial charge in [-0.15, -0.1) is 0 Å². The summed E-state index contributed by atoms with van der Waals surface area (Å²) in [7, 11) is -2.85. The Kier molecular flexibility index (Phi) is 12.0. The molecule has 2 aliphatic heterocycles. The number of halogens is 6. The SMILES string of the molecule is COc1ccc2nc(C(F)(F)F)c(O[C@@H]3C[C@H]4C(=O)N[C@]5(C(=O)NS(=O)(=O)C6(C)CC6)C[C@H]5C=CCC[C@@H](C)C[C@@H](C)[C@H](NC(=O)OC(C)(C)C(F)(F)F)C(=O)N4C3)nc2c1. The zero-order valence-corrected chi connectivity index (χ0v) is 35.0. The molecule has 15 nitrogen and oxygen atoms in total. The number of methoxy groups -OCH3 is 1. The fourth-order valence-electron chi connectivity index (χ4n) is 7.61. The number of nitrogens with one attached hydrogen (secondary N) is 3. The van der Waals surface area contributed by atoms with Crippen molar-refractivity contribution in [2.45, 2.75) is 126 Å². The van der Waals surface area contributed by atoms with Gasteiger partial charge in [0.25, 0.3) is 5.91 Å². The van der Waals surface area contributed by atoms with Crippen LogP contribution in [-0.2, 0) is 35.3 Å². The number of aromatic nitrogens is 2. The number of rotatable bonds is 8. The highest BCUT2D eigenvalue weighted by Crippen LogP contribution is 2.48. The van der Waals surface area contributed by atoms with E-state index < -0.39 is 117 Å². The lowest BCUT2D eigenvalue weighted by Gasteiger charge is -2.34. The number of carbonyl (C=O) groups excluding carboxylic acids is 4. The number of alkyl carbamates (subject to hydrolysis) is 1. The zero-order chi connectivity index (χ0) is 45.1. The van der Waals surface area contributed by atoms with E-state index in [9.17, 15) is 53.9 Å². The normalized spacial score (nSPS) is 28.4. The van der Waals surface area contributed by atoms with Crippen molar-refractivity contribution in [3.63, 3.8) is 0 Å². The van der Waals surface area contributed by atoms with Crippen LogP contribution in [0.1, 0.15) is 85.3 Å². The number of allylic oxidation sites excluding steroid dienone is 1. The number of benzene rings is 1. The Labute approximate surface area is 347 Å². The van der Waals surface area contributed by atoms with Crippen LogP contribution in [0.5, 0.6) is 11.6 Å². The monoisotopic (exact) mass is 890 g/mol. The molecule has 2 aromatic rings. The Morgan fingerprint density at radius 2 is 1.70 bits per heavy atom. The second kappa shape index (κ2) is 16.1. The van der Waals surface area contributed by atoms with E-state index in [0.717, 1.165) is 4.90 Å². The molecule has 0 unspecified atom stereocenters. The molecule has 0 bridgehead atoms. The number of hydrogen-bond acceptors (Lipinski definition) is 11. The Balaban J connectivity index is 1.39. The number of ether oxygens (including phenoxy) is 3. The molecule has 3 heterocycles. The summed E-state index contributed by atoms with van der Waals surface area (Å²) in [5.41, 5.74) is -6.51. The number of alkyl halides is 6. The third-order valence-electron chi connectivity index (χ3n) is 11.9. The van der Waals surface area contributed by atoms with E-state index >= 15 is 0 Å². The van der Waals surface area contributed by atoms with Crippen molar-refractivity contribution in [2.75, 3.05) is 13.7 Å². The standard InChI is InChI=1S/C39H48F6N6O9S/c1-20-9-7-8-10-22-18-37(22,33(54)50-61(56,57)36(5)13-14-36)49-30(52)27-17-24(59-31-29(38(40,41)42)46-25-12-11-23(58-6)16-26(25)47-31)19-51(27)32(53)28(21(2)15-20)48-34(55)60-35(3,4)39(43,44)45/h8,10-12,16,20-22,24,27-28H,7,9,13-15,17-19H2,1-6H3,(H,48,55)(H,49,52)(H,50,54)/t20-,21-,22-,24-,27+,28+,37-/m1/s1. The molecule has 61 heavy (non-hydrogen) atoms. The minimum atomic E-state index is -5.09. The second-order valence-corrected chi connectivity index (χ2v) is 19.4. The lowest BCUT2D eigenvalue weighted by molar-refractivity contribution is -0.244. The van der Waals surface area contributed by atoms with E-state index in [1.54, 1.807) is 19.1 Å². The lowest BCUT2D eigenvalue weighted by atomic mass is 9.88. The van der Waals surface area contributed by atoms with Crippen molar-refractivity contribution < 1.29 is 68.1 Å². The highest BCUT2D eigenvalue weighted by molar-refractivity contribution is 7.91. The summed E-state index contributed by atoms with van der Waals surface area (Å²) < 4.78 is 127. The van der Waals surface area contributed by atoms with E-state index in [1.807, 2.05) is 6.92 Å². The van der Waals surface area contributed by atoms with Crippen LogP contribution in [0.2, 0.25) is 0 Å². The minimum Gasteiger partial charge on any atom is -0.497 e. The topological polar surface area (TPSA) is 195 Å². The zero-order valence-electron chi connectivity index (χ0n) is 34.2. The first-order valence-corrected chi connectivity index (χ1v) is 21.2. The molecule has 4 amide bonds. The fourth-order valence-corrected chi connectivity index (χ4v) is 8.92. The number of carbonyl (C=O) groups is 4. The van der Waals surface area contributed by atoms with Crippen LogP contribution in [-0.4, -0.2) is 101 Å². The Bertz CT molecular complexity index is 2220. The molecule has 7 atom stereocenters. The molecule has 2 saturated carbocycles. The third kappa shape index (κ3) is 9.47. The molecule has 336 valence electrons. The summed E-state index contributed by atoms with van der Waals surface area (Å²) in [4.78, 5) is 64.9. The van der Waals surface area contributed by atoms with Crippen LogP contribution >= 0.6 is 0 Å². The molecule has 1 aromatic heterocycles. The molecule has 1 aromatic carbocycles. The quantitative estimate of drug-likeness (QED) is 0.229. The molecule has 22 heteroatoms. The third-order valence-corrected chi connectivity index (χ3v) is 14.1. The first-order valence-electron chi connectivity index (χ1n) is 19.7. The van der Waals surface area contributed by atoms with Gasteiger partial charge in [0.05, 0.1) is 29.4 Å². The largest absolute Gasteiger partial charge is 0.497 e. The van der Waals surface area contributed by atoms with Gasteiger partial charge in [0.1, 0.15) is 29.5 Å². The van der Waals surface area contributed by atoms with Crippen LogP contribution < -0.4 is 24.8 Å². The van der Waals surface area contributed by atoms with E-state index in [-0.39, 0.29) is 35.5 Å². The van der Waals surface area contributed by atoms with Gasteiger partial charge in [-0.25, -0.2) is 23.2 Å². The van der Waals surface area contributed by atoms with Crippen molar-refractivity contribution in [2.24, 2.45) is 17.8 Å². The van der Waals surface area contributed by atoms with Gasteiger partial charge in [-0.05, 0) is 83.3 Å². The van der Waals surface area contributed by atoms with Crippen molar-refractivity contribution >= 4 is 44.9 Å². The van der Waals surface area contributed by atoms with Gasteiger partial charge >= 0.3 is 18.4 Å². The van der Waals surface area contributed by atoms with Crippen molar-refractivity contribution in [3.8, 4) is 11.6 Å². The van der Waals surface area contributed by atoms with Gasteiger partial charge in [0.2, 0.25) is 39.0 Å². The first kappa shape index (κ1) is 45.6. The minimum absolute atomic E-state index is 0.0312. The molecule has 2 aliphatic carbocycles. The average Bonchev–Trinajstić information content (AvgIpc) is 4.03. The summed E-state index contributed by atoms with van der Waals surface area (Å²) >= 11 is 0. The average molecular weight is 891 g/mol. The Hall–Kier alpha value is -4.89. The molecule has 0 spiro atoms. The summed E-state index contributed by atoms with van der Waals surface area (Å²) in [6.45, 7) is 5.49. The molecular weight excluding hydrogens is 843 g/mol. The van der Waals surface area contributed by atoms with E-state index in [4.69, 9.17) is 14.2 Å². The van der Waals surface area contributed by atoms with Crippen molar-refractivity contribution in [1.82, 2.24) is 30.2 Å². The van der Waals surface area contributed by atoms with Crippen molar-refractivity contribution in [3.05, 3.63) is 36.0 Å². The summed E-state index contributed by atoms with van der Waals surface area (Å²) in [5, 5.41) is 4.88. The van der Waals surface area contributed by atoms with Crippen LogP contribution in [0.15, 0.2) is 30.4 Å². The Morgan fingerprint density at radius 1 is 1.02 bits per heavy atom. The number of nitrogens with zero attached hydrogens (tertiary/aromatic N) is 3. The molecule has 4 aliphatic rings. The number of fused-ring (bicyclic) bond motifs is 3. The van der Waals surface area contributed by atoms with Gasteiger partial charge in [0, 0.05) is 18.4 Å². The van der Waals surface area contributed by atoms with Gasteiger partial charge in [-0.1, -0.05) is 26.0 Å². The van der Waals surface area contributed by atoms with Crippen LogP contribution in [0, 0.1) is 17.8 Å². The van der Waals surface area contributed by atoms with Gasteiger partial charge in [0.15, 0.2) is 0 Å². The molecule has 1 saturated heterocycles. The van der Waals surface area contributed by atoms with E-state index in [2.05, 4.69) is 25.3 Å². The highest BCUT2D eigenvalue weighted by atomic mass is 32.2. The second-order valence-electron chi connectivity index (χ2n) is 17.2. The number of amides is 4. The number of hydrogen-bond donors (Lipinski definition) is 3. The Morgan fingerprint density at radius 3 is 2.33 bits per heavy atom. The van der Waals surface area contributed by atoms with Crippen LogP contribution in [0.3, 0.4) is 0 Å². The molecular formula is C39H48F6N6O9S. The molecule has 3 N–H and O–H groups in total.